The molecule has 40 heavy (non-hydrogen) atoms. The Kier molecular flexibility index (Phi) is 8.38. The van der Waals surface area contributed by atoms with Crippen molar-refractivity contribution in [1.82, 2.24) is 20.3 Å². The number of alkyl halides is 3. The molecule has 3 atom stereocenters. The summed E-state index contributed by atoms with van der Waals surface area (Å²) in [6.07, 6.45) is 4.59. The molecule has 2 fully saturated rings. The maximum Gasteiger partial charge on any atom is 0.434 e. The lowest BCUT2D eigenvalue weighted by Crippen LogP contribution is -2.55. The number of oxazole rings is 1. The maximum atomic E-state index is 12.9. The monoisotopic (exact) mass is 559 g/mol. The molecule has 1 aliphatic heterocycles. The van der Waals surface area contributed by atoms with E-state index in [-0.39, 0.29) is 18.1 Å². The number of carbonyl (C=O) groups is 1. The highest BCUT2D eigenvalue weighted by Crippen LogP contribution is 2.30. The molecule has 1 aliphatic carbocycles. The predicted molar refractivity (Wildman–Crippen MR) is 143 cm³/mol. The van der Waals surface area contributed by atoms with Gasteiger partial charge in [0.05, 0.1) is 25.7 Å². The summed E-state index contributed by atoms with van der Waals surface area (Å²) >= 11 is 0. The second-order valence-corrected chi connectivity index (χ2v) is 10.1. The standard InChI is InChI=1S/C27H32F3N7O3/c1-39-26(38)35-18-7-4-6-17(12-18)22-13-33-25(40-22)36-21-10-3-2-9-20(21)34-19-8-5-11-37(16-19)24-15-31-23(14-32-24)27(28,29)30/h4,6-7,12-15,19-21,34H,2-3,5,8-11,16H2,1H3,(H,33,36)(H,35,38)/t19-,20+,21+/m0/s1. The van der Waals surface area contributed by atoms with Crippen molar-refractivity contribution < 1.29 is 27.1 Å². The van der Waals surface area contributed by atoms with Gasteiger partial charge in [0.1, 0.15) is 5.82 Å². The molecule has 10 nitrogen and oxygen atoms in total. The summed E-state index contributed by atoms with van der Waals surface area (Å²) in [5.41, 5.74) is 0.358. The van der Waals surface area contributed by atoms with Crippen molar-refractivity contribution in [2.45, 2.75) is 62.8 Å². The molecule has 0 bridgehead atoms. The summed E-state index contributed by atoms with van der Waals surface area (Å²) in [5, 5.41) is 9.87. The highest BCUT2D eigenvalue weighted by molar-refractivity contribution is 5.85. The molecule has 3 aromatic rings. The average molecular weight is 560 g/mol. The number of hydrogen-bond donors (Lipinski definition) is 3. The van der Waals surface area contributed by atoms with Gasteiger partial charge < -0.3 is 24.7 Å². The minimum absolute atomic E-state index is 0.105. The molecule has 2 aliphatic rings. The van der Waals surface area contributed by atoms with Crippen molar-refractivity contribution in [3.05, 3.63) is 48.5 Å². The number of anilines is 3. The van der Waals surface area contributed by atoms with Crippen molar-refractivity contribution >= 4 is 23.6 Å². The first kappa shape index (κ1) is 27.7. The minimum Gasteiger partial charge on any atom is -0.453 e. The molecule has 1 saturated heterocycles. The lowest BCUT2D eigenvalue weighted by molar-refractivity contribution is -0.141. The molecule has 0 spiro atoms. The van der Waals surface area contributed by atoms with E-state index in [1.54, 1.807) is 24.4 Å². The zero-order chi connectivity index (χ0) is 28.1. The van der Waals surface area contributed by atoms with Crippen LogP contribution in [0, 0.1) is 0 Å². The summed E-state index contributed by atoms with van der Waals surface area (Å²) < 4.78 is 49.3. The number of halogens is 3. The van der Waals surface area contributed by atoms with Crippen LogP contribution in [-0.2, 0) is 10.9 Å². The average Bonchev–Trinajstić information content (AvgIpc) is 3.42. The molecule has 3 N–H and O–H groups in total. The van der Waals surface area contributed by atoms with Crippen molar-refractivity contribution in [1.29, 1.82) is 0 Å². The van der Waals surface area contributed by atoms with Gasteiger partial charge in [-0.2, -0.15) is 13.2 Å². The number of nitrogens with one attached hydrogen (secondary N) is 3. The van der Waals surface area contributed by atoms with Crippen LogP contribution in [0.1, 0.15) is 44.2 Å². The van der Waals surface area contributed by atoms with Crippen LogP contribution in [0.5, 0.6) is 0 Å². The van der Waals surface area contributed by atoms with Crippen molar-refractivity contribution in [3.8, 4) is 11.3 Å². The van der Waals surface area contributed by atoms with Gasteiger partial charge in [0.2, 0.25) is 0 Å². The van der Waals surface area contributed by atoms with E-state index in [2.05, 4.69) is 35.6 Å². The van der Waals surface area contributed by atoms with Crippen LogP contribution in [0.25, 0.3) is 11.3 Å². The van der Waals surface area contributed by atoms with Crippen LogP contribution in [0.2, 0.25) is 0 Å². The smallest absolute Gasteiger partial charge is 0.434 e. The van der Waals surface area contributed by atoms with Gasteiger partial charge >= 0.3 is 12.3 Å². The van der Waals surface area contributed by atoms with E-state index in [0.717, 1.165) is 56.8 Å². The first-order valence-electron chi connectivity index (χ1n) is 13.4. The third-order valence-corrected chi connectivity index (χ3v) is 7.28. The molecule has 1 amide bonds. The lowest BCUT2D eigenvalue weighted by Gasteiger charge is -2.39. The van der Waals surface area contributed by atoms with E-state index in [1.807, 2.05) is 11.0 Å². The summed E-state index contributed by atoms with van der Waals surface area (Å²) in [4.78, 5) is 25.5. The Bertz CT molecular complexity index is 1280. The van der Waals surface area contributed by atoms with E-state index < -0.39 is 18.0 Å². The molecule has 0 radical (unpaired) electrons. The molecule has 1 saturated carbocycles. The highest BCUT2D eigenvalue weighted by Gasteiger charge is 2.34. The van der Waals surface area contributed by atoms with Crippen LogP contribution in [0.15, 0.2) is 47.3 Å². The number of aromatic nitrogens is 3. The van der Waals surface area contributed by atoms with Gasteiger partial charge in [-0.3, -0.25) is 5.32 Å². The first-order chi connectivity index (χ1) is 19.3. The Hall–Kier alpha value is -3.87. The number of ether oxygens (including phenoxy) is 1. The fraction of sp³-hybridized carbons (Fsp3) is 0.481. The van der Waals surface area contributed by atoms with Gasteiger partial charge in [0.15, 0.2) is 11.5 Å². The van der Waals surface area contributed by atoms with Gasteiger partial charge in [0, 0.05) is 42.5 Å². The Balaban J connectivity index is 1.20. The van der Waals surface area contributed by atoms with E-state index >= 15 is 0 Å². The molecule has 2 aromatic heterocycles. The highest BCUT2D eigenvalue weighted by atomic mass is 19.4. The van der Waals surface area contributed by atoms with Crippen molar-refractivity contribution in [3.63, 3.8) is 0 Å². The third-order valence-electron chi connectivity index (χ3n) is 7.28. The SMILES string of the molecule is COC(=O)Nc1cccc(-c2cnc(N[C@@H]3CCCC[C@H]3N[C@H]3CCCN(c4cnc(C(F)(F)F)cn4)C3)o2)c1. The fourth-order valence-corrected chi connectivity index (χ4v) is 5.31. The Morgan fingerprint density at radius 2 is 1.88 bits per heavy atom. The second-order valence-electron chi connectivity index (χ2n) is 10.1. The minimum atomic E-state index is -4.50. The largest absolute Gasteiger partial charge is 0.453 e. The predicted octanol–water partition coefficient (Wildman–Crippen LogP) is 5.31. The van der Waals surface area contributed by atoms with Crippen molar-refractivity contribution in [2.24, 2.45) is 0 Å². The van der Waals surface area contributed by atoms with Crippen LogP contribution in [-0.4, -0.2) is 59.4 Å². The number of carbonyl (C=O) groups excluding carboxylic acids is 1. The van der Waals surface area contributed by atoms with Gasteiger partial charge in [-0.15, -0.1) is 0 Å². The van der Waals surface area contributed by atoms with Crippen LogP contribution < -0.4 is 20.9 Å². The zero-order valence-corrected chi connectivity index (χ0v) is 22.1. The molecule has 0 unspecified atom stereocenters. The Labute approximate surface area is 229 Å². The van der Waals surface area contributed by atoms with Crippen molar-refractivity contribution in [2.75, 3.05) is 35.7 Å². The normalized spacial score (nSPS) is 21.6. The number of piperidine rings is 1. The number of hydrogen-bond acceptors (Lipinski definition) is 9. The third kappa shape index (κ3) is 6.82. The van der Waals surface area contributed by atoms with Gasteiger partial charge in [-0.25, -0.2) is 19.7 Å². The summed E-state index contributed by atoms with van der Waals surface area (Å²) in [6, 6.07) is 8.08. The zero-order valence-electron chi connectivity index (χ0n) is 22.1. The fourth-order valence-electron chi connectivity index (χ4n) is 5.31. The number of rotatable bonds is 7. The molecule has 3 heterocycles. The molecular weight excluding hydrogens is 527 g/mol. The summed E-state index contributed by atoms with van der Waals surface area (Å²) in [5.74, 6) is 1.02. The van der Waals surface area contributed by atoms with Crippen LogP contribution >= 0.6 is 0 Å². The van der Waals surface area contributed by atoms with E-state index in [0.29, 0.717) is 29.8 Å². The first-order valence-corrected chi connectivity index (χ1v) is 13.4. The van der Waals surface area contributed by atoms with E-state index in [1.165, 1.54) is 13.3 Å². The second kappa shape index (κ2) is 12.1. The molecule has 13 heteroatoms. The van der Waals surface area contributed by atoms with Gasteiger partial charge in [-0.1, -0.05) is 25.0 Å². The van der Waals surface area contributed by atoms with Gasteiger partial charge in [-0.05, 0) is 37.8 Å². The number of methoxy groups -OCH3 is 1. The lowest BCUT2D eigenvalue weighted by atomic mass is 9.89. The summed E-state index contributed by atoms with van der Waals surface area (Å²) in [6.45, 7) is 1.36. The molecular formula is C27H32F3N7O3. The van der Waals surface area contributed by atoms with Crippen LogP contribution in [0.4, 0.5) is 35.5 Å². The van der Waals surface area contributed by atoms with Gasteiger partial charge in [0.25, 0.3) is 6.01 Å². The van der Waals surface area contributed by atoms with E-state index in [9.17, 15) is 18.0 Å². The quantitative estimate of drug-likeness (QED) is 0.354. The topological polar surface area (TPSA) is 117 Å². The van der Waals surface area contributed by atoms with Crippen LogP contribution in [0.3, 0.4) is 0 Å². The number of benzene rings is 1. The molecule has 5 rings (SSSR count). The number of nitrogens with zero attached hydrogens (tertiary/aromatic N) is 4. The van der Waals surface area contributed by atoms with E-state index in [4.69, 9.17) is 4.42 Å². The molecule has 214 valence electrons. The maximum absolute atomic E-state index is 12.9. The molecule has 1 aromatic carbocycles. The number of amides is 1. The Morgan fingerprint density at radius 1 is 1.05 bits per heavy atom. The Morgan fingerprint density at radius 3 is 2.62 bits per heavy atom. The summed E-state index contributed by atoms with van der Waals surface area (Å²) in [7, 11) is 1.30.